The van der Waals surface area contributed by atoms with E-state index in [2.05, 4.69) is 11.9 Å². The van der Waals surface area contributed by atoms with Gasteiger partial charge in [-0.3, -0.25) is 4.98 Å². The fourth-order valence-electron chi connectivity index (χ4n) is 2.95. The molecule has 0 saturated heterocycles. The van der Waals surface area contributed by atoms with E-state index in [0.717, 1.165) is 18.4 Å². The highest BCUT2D eigenvalue weighted by atomic mass is 19.1. The summed E-state index contributed by atoms with van der Waals surface area (Å²) in [6.07, 6.45) is 9.13. The molecule has 0 spiro atoms. The monoisotopic (exact) mass is 375 g/mol. The molecule has 2 rings (SSSR count). The Bertz CT molecular complexity index is 671. The topological polar surface area (TPSA) is 22.1 Å². The van der Waals surface area contributed by atoms with Crippen molar-refractivity contribution >= 4 is 0 Å². The molecule has 27 heavy (non-hydrogen) atoms. The van der Waals surface area contributed by atoms with Crippen LogP contribution in [0.3, 0.4) is 0 Å². The minimum Gasteiger partial charge on any atom is -0.491 e. The Morgan fingerprint density at radius 2 is 1.81 bits per heavy atom. The van der Waals surface area contributed by atoms with Crippen molar-refractivity contribution in [3.63, 3.8) is 0 Å². The summed E-state index contributed by atoms with van der Waals surface area (Å²) in [5.41, 5.74) is 2.40. The highest BCUT2D eigenvalue weighted by Crippen LogP contribution is 2.25. The molecule has 0 aliphatic carbocycles. The van der Waals surface area contributed by atoms with E-state index >= 15 is 0 Å². The number of alkyl halides is 1. The van der Waals surface area contributed by atoms with Gasteiger partial charge in [-0.1, -0.05) is 45.1 Å². The number of ether oxygens (including phenoxy) is 1. The number of benzene rings is 1. The van der Waals surface area contributed by atoms with Gasteiger partial charge in [-0.05, 0) is 56.0 Å². The van der Waals surface area contributed by atoms with Crippen molar-refractivity contribution in [1.29, 1.82) is 0 Å². The van der Waals surface area contributed by atoms with Crippen LogP contribution in [-0.4, -0.2) is 17.8 Å². The van der Waals surface area contributed by atoms with Crippen LogP contribution in [0.15, 0.2) is 36.5 Å². The van der Waals surface area contributed by atoms with Crippen molar-refractivity contribution in [1.82, 2.24) is 4.98 Å². The Morgan fingerprint density at radius 3 is 2.48 bits per heavy atom. The molecule has 0 aliphatic heterocycles. The zero-order valence-electron chi connectivity index (χ0n) is 16.5. The number of hydrogen-bond acceptors (Lipinski definition) is 2. The minimum atomic E-state index is -0.817. The molecule has 1 aromatic carbocycles. The number of hydrogen-bond donors (Lipinski definition) is 0. The SMILES string of the molecule is CCCCCCCCOc1ccc(-c2ccc(CCC(C)F)cn2)cc1F. The van der Waals surface area contributed by atoms with Gasteiger partial charge < -0.3 is 4.74 Å². The van der Waals surface area contributed by atoms with Gasteiger partial charge >= 0.3 is 0 Å². The minimum absolute atomic E-state index is 0.292. The number of rotatable bonds is 12. The number of halogens is 2. The van der Waals surface area contributed by atoms with Crippen LogP contribution in [-0.2, 0) is 6.42 Å². The fourth-order valence-corrected chi connectivity index (χ4v) is 2.95. The van der Waals surface area contributed by atoms with E-state index in [1.54, 1.807) is 19.2 Å². The summed E-state index contributed by atoms with van der Waals surface area (Å²) in [6.45, 7) is 4.30. The van der Waals surface area contributed by atoms with E-state index in [9.17, 15) is 8.78 Å². The van der Waals surface area contributed by atoms with Gasteiger partial charge in [-0.2, -0.15) is 0 Å². The van der Waals surface area contributed by atoms with E-state index < -0.39 is 6.17 Å². The molecule has 1 unspecified atom stereocenters. The molecule has 148 valence electrons. The summed E-state index contributed by atoms with van der Waals surface area (Å²) in [7, 11) is 0. The first-order chi connectivity index (χ1) is 13.1. The van der Waals surface area contributed by atoms with Gasteiger partial charge in [0.15, 0.2) is 11.6 Å². The second-order valence-electron chi connectivity index (χ2n) is 7.13. The Morgan fingerprint density at radius 1 is 1.04 bits per heavy atom. The predicted molar refractivity (Wildman–Crippen MR) is 107 cm³/mol. The molecule has 0 amide bonds. The molecule has 0 N–H and O–H groups in total. The lowest BCUT2D eigenvalue weighted by Crippen LogP contribution is -2.00. The second-order valence-corrected chi connectivity index (χ2v) is 7.13. The molecule has 1 heterocycles. The fraction of sp³-hybridized carbons (Fsp3) is 0.522. The van der Waals surface area contributed by atoms with Crippen LogP contribution in [0.4, 0.5) is 8.78 Å². The average molecular weight is 376 g/mol. The predicted octanol–water partition coefficient (Wildman–Crippen LogP) is 6.92. The highest BCUT2D eigenvalue weighted by Gasteiger charge is 2.08. The lowest BCUT2D eigenvalue weighted by atomic mass is 10.1. The molecule has 4 heteroatoms. The van der Waals surface area contributed by atoms with E-state index in [4.69, 9.17) is 4.74 Å². The average Bonchev–Trinajstić information content (AvgIpc) is 2.67. The quantitative estimate of drug-likeness (QED) is 0.376. The molecule has 1 aromatic heterocycles. The second kappa shape index (κ2) is 11.7. The lowest BCUT2D eigenvalue weighted by molar-refractivity contribution is 0.290. The summed E-state index contributed by atoms with van der Waals surface area (Å²) < 4.78 is 32.8. The summed E-state index contributed by atoms with van der Waals surface area (Å²) in [4.78, 5) is 4.38. The number of pyridine rings is 1. The largest absolute Gasteiger partial charge is 0.491 e. The summed E-state index contributed by atoms with van der Waals surface area (Å²) in [6, 6.07) is 8.73. The summed E-state index contributed by atoms with van der Waals surface area (Å²) in [5, 5.41) is 0. The Labute approximate surface area is 162 Å². The highest BCUT2D eigenvalue weighted by molar-refractivity contribution is 5.60. The Balaban J connectivity index is 1.84. The van der Waals surface area contributed by atoms with Gasteiger partial charge in [0.2, 0.25) is 0 Å². The first kappa shape index (κ1) is 21.3. The number of unbranched alkanes of at least 4 members (excludes halogenated alkanes) is 5. The van der Waals surface area contributed by atoms with Gasteiger partial charge in [0.1, 0.15) is 0 Å². The Kier molecular flexibility index (Phi) is 9.23. The van der Waals surface area contributed by atoms with Crippen molar-refractivity contribution in [2.75, 3.05) is 6.61 Å². The van der Waals surface area contributed by atoms with E-state index in [1.807, 2.05) is 18.2 Å². The van der Waals surface area contributed by atoms with Gasteiger partial charge in [-0.25, -0.2) is 8.78 Å². The van der Waals surface area contributed by atoms with Crippen LogP contribution in [0.2, 0.25) is 0 Å². The van der Waals surface area contributed by atoms with Gasteiger partial charge in [0.25, 0.3) is 0 Å². The molecular formula is C23H31F2NO. The smallest absolute Gasteiger partial charge is 0.165 e. The standard InChI is InChI=1S/C23H31F2NO/c1-3-4-5-6-7-8-15-27-23-14-12-20(16-21(23)25)22-13-11-19(17-26-22)10-9-18(2)24/h11-14,16-18H,3-10,15H2,1-2H3. The first-order valence-corrected chi connectivity index (χ1v) is 10.1. The van der Waals surface area contributed by atoms with Crippen LogP contribution < -0.4 is 4.74 Å². The van der Waals surface area contributed by atoms with Crippen molar-refractivity contribution in [2.24, 2.45) is 0 Å². The van der Waals surface area contributed by atoms with Crippen LogP contribution in [0.1, 0.15) is 64.4 Å². The lowest BCUT2D eigenvalue weighted by Gasteiger charge is -2.09. The van der Waals surface area contributed by atoms with Crippen molar-refractivity contribution in [3.8, 4) is 17.0 Å². The maximum Gasteiger partial charge on any atom is 0.165 e. The third kappa shape index (κ3) is 7.66. The molecule has 2 nitrogen and oxygen atoms in total. The van der Waals surface area contributed by atoms with Gasteiger partial charge in [0.05, 0.1) is 18.5 Å². The molecule has 0 bridgehead atoms. The third-order valence-corrected chi connectivity index (χ3v) is 4.64. The molecule has 0 aliphatic rings. The van der Waals surface area contributed by atoms with Crippen LogP contribution in [0, 0.1) is 5.82 Å². The Hall–Kier alpha value is -1.97. The van der Waals surface area contributed by atoms with Crippen LogP contribution in [0.5, 0.6) is 5.75 Å². The number of aryl methyl sites for hydroxylation is 1. The zero-order chi connectivity index (χ0) is 19.5. The van der Waals surface area contributed by atoms with E-state index in [-0.39, 0.29) is 5.82 Å². The van der Waals surface area contributed by atoms with Crippen LogP contribution in [0.25, 0.3) is 11.3 Å². The number of nitrogens with zero attached hydrogens (tertiary/aromatic N) is 1. The normalized spacial score (nSPS) is 12.1. The summed E-state index contributed by atoms with van der Waals surface area (Å²) in [5.74, 6) is -0.0727. The maximum absolute atomic E-state index is 14.3. The van der Waals surface area contributed by atoms with E-state index in [1.165, 1.54) is 31.7 Å². The van der Waals surface area contributed by atoms with E-state index in [0.29, 0.717) is 36.5 Å². The molecule has 0 fully saturated rings. The van der Waals surface area contributed by atoms with Crippen LogP contribution >= 0.6 is 0 Å². The zero-order valence-corrected chi connectivity index (χ0v) is 16.5. The van der Waals surface area contributed by atoms with Crippen molar-refractivity contribution in [2.45, 2.75) is 71.4 Å². The maximum atomic E-state index is 14.3. The van der Waals surface area contributed by atoms with Crippen molar-refractivity contribution in [3.05, 3.63) is 47.9 Å². The van der Waals surface area contributed by atoms with Gasteiger partial charge in [0, 0.05) is 11.8 Å². The molecule has 1 atom stereocenters. The number of aromatic nitrogens is 1. The molecular weight excluding hydrogens is 344 g/mol. The molecule has 2 aromatic rings. The molecule has 0 radical (unpaired) electrons. The van der Waals surface area contributed by atoms with Gasteiger partial charge in [-0.15, -0.1) is 0 Å². The first-order valence-electron chi connectivity index (χ1n) is 10.1. The third-order valence-electron chi connectivity index (χ3n) is 4.64. The summed E-state index contributed by atoms with van der Waals surface area (Å²) >= 11 is 0. The van der Waals surface area contributed by atoms with Crippen molar-refractivity contribution < 1.29 is 13.5 Å². The molecule has 0 saturated carbocycles.